The summed E-state index contributed by atoms with van der Waals surface area (Å²) in [6.07, 6.45) is 1.47. The largest absolute Gasteiger partial charge is 0.480 e. The van der Waals surface area contributed by atoms with Gasteiger partial charge in [-0.15, -0.1) is 11.8 Å². The molecule has 0 amide bonds. The summed E-state index contributed by atoms with van der Waals surface area (Å²) in [5.74, 6) is -0.761. The molecule has 1 rings (SSSR count). The fraction of sp³-hybridized carbons (Fsp3) is 0.562. The fourth-order valence-electron chi connectivity index (χ4n) is 2.32. The van der Waals surface area contributed by atoms with Crippen LogP contribution in [0.1, 0.15) is 39.7 Å². The maximum atomic E-state index is 11.6. The maximum Gasteiger partial charge on any atom is 0.319 e. The van der Waals surface area contributed by atoms with E-state index >= 15 is 0 Å². The van der Waals surface area contributed by atoms with Crippen LogP contribution in [0.15, 0.2) is 29.2 Å². The molecule has 20 heavy (non-hydrogen) atoms. The van der Waals surface area contributed by atoms with Gasteiger partial charge in [0.1, 0.15) is 4.75 Å². The first kappa shape index (κ1) is 17.1. The number of hydrogen-bond acceptors (Lipinski definition) is 3. The molecule has 0 heterocycles. The average molecular weight is 295 g/mol. The first-order chi connectivity index (χ1) is 9.16. The lowest BCUT2D eigenvalue weighted by molar-refractivity contribution is -0.140. The van der Waals surface area contributed by atoms with Crippen LogP contribution in [0.5, 0.6) is 0 Å². The van der Waals surface area contributed by atoms with Gasteiger partial charge in [0.25, 0.3) is 0 Å². The van der Waals surface area contributed by atoms with Crippen LogP contribution in [0, 0.1) is 5.41 Å². The molecule has 0 aromatic heterocycles. The van der Waals surface area contributed by atoms with Gasteiger partial charge in [-0.25, -0.2) is 0 Å². The Bertz CT molecular complexity index is 451. The highest BCUT2D eigenvalue weighted by atomic mass is 32.2. The second-order valence-corrected chi connectivity index (χ2v) is 8.13. The lowest BCUT2D eigenvalue weighted by Crippen LogP contribution is -2.35. The Labute approximate surface area is 125 Å². The smallest absolute Gasteiger partial charge is 0.319 e. The molecule has 0 saturated heterocycles. The zero-order valence-corrected chi connectivity index (χ0v) is 13.6. The van der Waals surface area contributed by atoms with Crippen molar-refractivity contribution in [1.29, 1.82) is 0 Å². The van der Waals surface area contributed by atoms with Gasteiger partial charge < -0.3 is 10.8 Å². The van der Waals surface area contributed by atoms with Gasteiger partial charge in [0, 0.05) is 4.90 Å². The summed E-state index contributed by atoms with van der Waals surface area (Å²) in [5, 5.41) is 9.56. The van der Waals surface area contributed by atoms with Gasteiger partial charge in [-0.3, -0.25) is 4.79 Å². The molecule has 0 bridgehead atoms. The van der Waals surface area contributed by atoms with Gasteiger partial charge in [-0.1, -0.05) is 32.9 Å². The Hall–Kier alpha value is -1.00. The molecule has 0 aliphatic heterocycles. The van der Waals surface area contributed by atoms with Crippen LogP contribution in [0.4, 0.5) is 0 Å². The van der Waals surface area contributed by atoms with Crippen LogP contribution in [0.2, 0.25) is 0 Å². The zero-order chi connectivity index (χ0) is 15.4. The summed E-state index contributed by atoms with van der Waals surface area (Å²) >= 11 is 1.42. The number of thioether (sulfide) groups is 1. The highest BCUT2D eigenvalue weighted by Crippen LogP contribution is 2.41. The number of carbonyl (C=O) groups is 1. The van der Waals surface area contributed by atoms with Crippen molar-refractivity contribution in [3.63, 3.8) is 0 Å². The van der Waals surface area contributed by atoms with Crippen LogP contribution in [0.3, 0.4) is 0 Å². The second-order valence-electron chi connectivity index (χ2n) is 6.56. The predicted octanol–water partition coefficient (Wildman–Crippen LogP) is 3.56. The predicted molar refractivity (Wildman–Crippen MR) is 85.2 cm³/mol. The van der Waals surface area contributed by atoms with Crippen LogP contribution in [-0.4, -0.2) is 22.4 Å². The summed E-state index contributed by atoms with van der Waals surface area (Å²) in [7, 11) is 0. The molecule has 3 nitrogen and oxygen atoms in total. The van der Waals surface area contributed by atoms with E-state index in [9.17, 15) is 9.90 Å². The molecular formula is C16H25NO2S. The van der Waals surface area contributed by atoms with Crippen LogP contribution < -0.4 is 5.73 Å². The third-order valence-electron chi connectivity index (χ3n) is 3.02. The molecule has 1 aromatic carbocycles. The summed E-state index contributed by atoms with van der Waals surface area (Å²) < 4.78 is -0.812. The molecule has 0 spiro atoms. The molecule has 0 aliphatic carbocycles. The van der Waals surface area contributed by atoms with E-state index in [4.69, 9.17) is 5.73 Å². The minimum atomic E-state index is -0.812. The summed E-state index contributed by atoms with van der Waals surface area (Å²) in [6, 6.07) is 8.02. The molecule has 1 unspecified atom stereocenters. The van der Waals surface area contributed by atoms with E-state index in [1.165, 1.54) is 17.3 Å². The molecule has 0 fully saturated rings. The standard InChI is InChI=1S/C16H25NO2S/c1-15(2,3)11-16(4,14(18)19)20-13-7-5-12(6-8-13)9-10-17/h5-8H,9-11,17H2,1-4H3,(H,18,19). The van der Waals surface area contributed by atoms with E-state index in [1.807, 2.05) is 24.3 Å². The van der Waals surface area contributed by atoms with E-state index < -0.39 is 10.7 Å². The van der Waals surface area contributed by atoms with Crippen molar-refractivity contribution < 1.29 is 9.90 Å². The lowest BCUT2D eigenvalue weighted by Gasteiger charge is -2.31. The van der Waals surface area contributed by atoms with E-state index in [1.54, 1.807) is 6.92 Å². The molecule has 4 heteroatoms. The van der Waals surface area contributed by atoms with Gasteiger partial charge in [0.15, 0.2) is 0 Å². The Morgan fingerprint density at radius 3 is 2.15 bits per heavy atom. The Balaban J connectivity index is 2.88. The number of benzene rings is 1. The number of nitrogens with two attached hydrogens (primary N) is 1. The zero-order valence-electron chi connectivity index (χ0n) is 12.8. The van der Waals surface area contributed by atoms with Crippen molar-refractivity contribution in [2.45, 2.75) is 50.2 Å². The number of carboxylic acid groups (broad SMARTS) is 1. The number of carboxylic acids is 1. The monoisotopic (exact) mass is 295 g/mol. The molecule has 0 radical (unpaired) electrons. The first-order valence-corrected chi connectivity index (χ1v) is 7.69. The lowest BCUT2D eigenvalue weighted by atomic mass is 9.85. The third kappa shape index (κ3) is 5.17. The van der Waals surface area contributed by atoms with Crippen molar-refractivity contribution in [1.82, 2.24) is 0 Å². The molecule has 0 saturated carbocycles. The molecule has 0 aliphatic rings. The van der Waals surface area contributed by atoms with E-state index in [2.05, 4.69) is 20.8 Å². The molecule has 1 atom stereocenters. The quantitative estimate of drug-likeness (QED) is 0.788. The van der Waals surface area contributed by atoms with E-state index in [-0.39, 0.29) is 5.41 Å². The number of rotatable bonds is 6. The minimum absolute atomic E-state index is 0.0281. The normalized spacial score (nSPS) is 14.8. The molecule has 1 aromatic rings. The van der Waals surface area contributed by atoms with E-state index in [0.717, 1.165) is 11.3 Å². The molecule has 3 N–H and O–H groups in total. The average Bonchev–Trinajstić information content (AvgIpc) is 2.29. The number of hydrogen-bond donors (Lipinski definition) is 2. The van der Waals surface area contributed by atoms with Gasteiger partial charge >= 0.3 is 5.97 Å². The Morgan fingerprint density at radius 2 is 1.75 bits per heavy atom. The van der Waals surface area contributed by atoms with Crippen LogP contribution in [0.25, 0.3) is 0 Å². The second kappa shape index (κ2) is 6.64. The van der Waals surface area contributed by atoms with Crippen molar-refractivity contribution in [3.05, 3.63) is 29.8 Å². The highest BCUT2D eigenvalue weighted by molar-refractivity contribution is 8.01. The van der Waals surface area contributed by atoms with Crippen molar-refractivity contribution >= 4 is 17.7 Å². The summed E-state index contributed by atoms with van der Waals surface area (Å²) in [6.45, 7) is 8.64. The Kier molecular flexibility index (Phi) is 5.66. The summed E-state index contributed by atoms with van der Waals surface area (Å²) in [5.41, 5.74) is 6.68. The van der Waals surface area contributed by atoms with Gasteiger partial charge in [-0.2, -0.15) is 0 Å². The fourth-order valence-corrected chi connectivity index (χ4v) is 3.70. The van der Waals surface area contributed by atoms with Gasteiger partial charge in [0.05, 0.1) is 0 Å². The van der Waals surface area contributed by atoms with Crippen molar-refractivity contribution in [2.75, 3.05) is 6.54 Å². The maximum absolute atomic E-state index is 11.6. The van der Waals surface area contributed by atoms with Crippen LogP contribution in [-0.2, 0) is 11.2 Å². The topological polar surface area (TPSA) is 63.3 Å². The molecular weight excluding hydrogens is 270 g/mol. The number of aliphatic carboxylic acids is 1. The van der Waals surface area contributed by atoms with Crippen molar-refractivity contribution in [3.8, 4) is 0 Å². The minimum Gasteiger partial charge on any atom is -0.480 e. The third-order valence-corrected chi connectivity index (χ3v) is 4.30. The summed E-state index contributed by atoms with van der Waals surface area (Å²) in [4.78, 5) is 12.6. The first-order valence-electron chi connectivity index (χ1n) is 6.88. The van der Waals surface area contributed by atoms with Gasteiger partial charge in [-0.05, 0) is 49.4 Å². The highest BCUT2D eigenvalue weighted by Gasteiger charge is 2.38. The van der Waals surface area contributed by atoms with Gasteiger partial charge in [0.2, 0.25) is 0 Å². The van der Waals surface area contributed by atoms with Crippen molar-refractivity contribution in [2.24, 2.45) is 11.1 Å². The Morgan fingerprint density at radius 1 is 1.20 bits per heavy atom. The molecule has 112 valence electrons. The van der Waals surface area contributed by atoms with E-state index in [0.29, 0.717) is 13.0 Å². The van der Waals surface area contributed by atoms with Crippen LogP contribution >= 0.6 is 11.8 Å². The SMILES string of the molecule is CC(C)(C)CC(C)(Sc1ccc(CCN)cc1)C(=O)O.